The van der Waals surface area contributed by atoms with Gasteiger partial charge in [-0.1, -0.05) is 28.1 Å². The molecular formula is C13H16BrNO2. The second kappa shape index (κ2) is 5.19. The molecule has 1 aromatic carbocycles. The number of carboxylic acid groups (broad SMARTS) is 1. The van der Waals surface area contributed by atoms with Crippen molar-refractivity contribution in [2.45, 2.75) is 25.9 Å². The van der Waals surface area contributed by atoms with E-state index < -0.39 is 5.97 Å². The Balaban J connectivity index is 2.03. The summed E-state index contributed by atoms with van der Waals surface area (Å²) >= 11 is 3.45. The van der Waals surface area contributed by atoms with Gasteiger partial charge < -0.3 is 5.11 Å². The molecule has 17 heavy (non-hydrogen) atoms. The van der Waals surface area contributed by atoms with Crippen LogP contribution < -0.4 is 0 Å². The minimum Gasteiger partial charge on any atom is -0.481 e. The van der Waals surface area contributed by atoms with Crippen LogP contribution in [0.5, 0.6) is 0 Å². The number of hydrogen-bond donors (Lipinski definition) is 1. The number of likely N-dealkylation sites (tertiary alicyclic amines) is 1. The van der Waals surface area contributed by atoms with Crippen LogP contribution in [-0.4, -0.2) is 28.6 Å². The number of carbonyl (C=O) groups is 1. The molecule has 4 heteroatoms. The maximum atomic E-state index is 11.0. The van der Waals surface area contributed by atoms with Gasteiger partial charge in [0.15, 0.2) is 0 Å². The number of nitrogens with zero attached hydrogens (tertiary/aromatic N) is 1. The van der Waals surface area contributed by atoms with Crippen LogP contribution in [-0.2, 0) is 11.3 Å². The maximum absolute atomic E-state index is 11.0. The molecule has 1 fully saturated rings. The van der Waals surface area contributed by atoms with Crippen LogP contribution in [0.2, 0.25) is 0 Å². The molecule has 92 valence electrons. The summed E-state index contributed by atoms with van der Waals surface area (Å²) in [6, 6.07) is 8.28. The Hall–Kier alpha value is -0.870. The van der Waals surface area contributed by atoms with E-state index in [4.69, 9.17) is 5.11 Å². The summed E-state index contributed by atoms with van der Waals surface area (Å²) in [5.41, 5.74) is 1.22. The second-order valence-corrected chi connectivity index (χ2v) is 5.49. The zero-order valence-corrected chi connectivity index (χ0v) is 11.4. The van der Waals surface area contributed by atoms with E-state index in [1.807, 2.05) is 19.1 Å². The summed E-state index contributed by atoms with van der Waals surface area (Å²) in [5.74, 6) is -0.892. The monoisotopic (exact) mass is 297 g/mol. The van der Waals surface area contributed by atoms with Crippen molar-refractivity contribution < 1.29 is 9.90 Å². The molecule has 0 saturated carbocycles. The summed E-state index contributed by atoms with van der Waals surface area (Å²) < 4.78 is 1.07. The summed E-state index contributed by atoms with van der Waals surface area (Å²) in [6.45, 7) is 3.69. The van der Waals surface area contributed by atoms with E-state index >= 15 is 0 Å². The minimum atomic E-state index is -0.672. The fourth-order valence-electron chi connectivity index (χ4n) is 2.43. The average Bonchev–Trinajstić information content (AvgIpc) is 2.61. The molecule has 1 heterocycles. The van der Waals surface area contributed by atoms with Crippen molar-refractivity contribution in [2.24, 2.45) is 5.92 Å². The van der Waals surface area contributed by atoms with E-state index in [1.165, 1.54) is 5.56 Å². The lowest BCUT2D eigenvalue weighted by Gasteiger charge is -2.23. The molecule has 3 nitrogen and oxygen atoms in total. The van der Waals surface area contributed by atoms with E-state index in [-0.39, 0.29) is 12.0 Å². The fraction of sp³-hybridized carbons (Fsp3) is 0.462. The molecule has 0 aliphatic carbocycles. The summed E-state index contributed by atoms with van der Waals surface area (Å²) in [4.78, 5) is 13.3. The second-order valence-electron chi connectivity index (χ2n) is 4.57. The Kier molecular flexibility index (Phi) is 3.84. The van der Waals surface area contributed by atoms with E-state index in [2.05, 4.69) is 33.0 Å². The molecule has 1 aliphatic heterocycles. The lowest BCUT2D eigenvalue weighted by Crippen LogP contribution is -2.32. The maximum Gasteiger partial charge on any atom is 0.308 e. The molecule has 0 aromatic heterocycles. The van der Waals surface area contributed by atoms with Gasteiger partial charge in [-0.15, -0.1) is 0 Å². The zero-order valence-electron chi connectivity index (χ0n) is 9.77. The first-order valence-electron chi connectivity index (χ1n) is 5.79. The van der Waals surface area contributed by atoms with Crippen LogP contribution in [0.25, 0.3) is 0 Å². The Morgan fingerprint density at radius 3 is 2.94 bits per heavy atom. The standard InChI is InChI=1S/C13H16BrNO2/c1-9-12(13(16)17)5-6-15(9)8-10-3-2-4-11(14)7-10/h2-4,7,9,12H,5-6,8H2,1H3,(H,16,17). The third kappa shape index (κ3) is 2.87. The normalized spacial score (nSPS) is 25.1. The lowest BCUT2D eigenvalue weighted by atomic mass is 10.0. The molecule has 0 radical (unpaired) electrons. The summed E-state index contributed by atoms with van der Waals surface area (Å²) in [5, 5.41) is 9.08. The smallest absolute Gasteiger partial charge is 0.308 e. The van der Waals surface area contributed by atoms with E-state index in [0.29, 0.717) is 0 Å². The van der Waals surface area contributed by atoms with Crippen LogP contribution in [0.1, 0.15) is 18.9 Å². The van der Waals surface area contributed by atoms with Crippen molar-refractivity contribution in [1.29, 1.82) is 0 Å². The van der Waals surface area contributed by atoms with E-state index in [1.54, 1.807) is 0 Å². The highest BCUT2D eigenvalue weighted by Gasteiger charge is 2.35. The first-order chi connectivity index (χ1) is 8.08. The molecule has 1 saturated heterocycles. The van der Waals surface area contributed by atoms with Crippen LogP contribution >= 0.6 is 15.9 Å². The number of aliphatic carboxylic acids is 1. The Morgan fingerprint density at radius 1 is 1.59 bits per heavy atom. The van der Waals surface area contributed by atoms with Crippen molar-refractivity contribution in [3.05, 3.63) is 34.3 Å². The lowest BCUT2D eigenvalue weighted by molar-refractivity contribution is -0.142. The van der Waals surface area contributed by atoms with Gasteiger partial charge in [-0.25, -0.2) is 0 Å². The van der Waals surface area contributed by atoms with Gasteiger partial charge in [0, 0.05) is 17.1 Å². The quantitative estimate of drug-likeness (QED) is 0.933. The van der Waals surface area contributed by atoms with E-state index in [0.717, 1.165) is 24.0 Å². The number of rotatable bonds is 3. The first kappa shape index (κ1) is 12.6. The van der Waals surface area contributed by atoms with Gasteiger partial charge in [-0.05, 0) is 37.6 Å². The van der Waals surface area contributed by atoms with Gasteiger partial charge in [0.25, 0.3) is 0 Å². The highest BCUT2D eigenvalue weighted by molar-refractivity contribution is 9.10. The molecule has 1 aromatic rings. The predicted molar refractivity (Wildman–Crippen MR) is 69.8 cm³/mol. The predicted octanol–water partition coefficient (Wildman–Crippen LogP) is 2.74. The van der Waals surface area contributed by atoms with Gasteiger partial charge >= 0.3 is 5.97 Å². The van der Waals surface area contributed by atoms with Crippen LogP contribution in [0.3, 0.4) is 0 Å². The molecule has 1 aliphatic rings. The van der Waals surface area contributed by atoms with Gasteiger partial charge in [0.2, 0.25) is 0 Å². The van der Waals surface area contributed by atoms with Crippen LogP contribution in [0.4, 0.5) is 0 Å². The van der Waals surface area contributed by atoms with Crippen LogP contribution in [0.15, 0.2) is 28.7 Å². The van der Waals surface area contributed by atoms with Crippen molar-refractivity contribution in [2.75, 3.05) is 6.54 Å². The number of carboxylic acids is 1. The SMILES string of the molecule is CC1C(C(=O)O)CCN1Cc1cccc(Br)c1. The van der Waals surface area contributed by atoms with Crippen molar-refractivity contribution in [3.63, 3.8) is 0 Å². The molecule has 1 N–H and O–H groups in total. The fourth-order valence-corrected chi connectivity index (χ4v) is 2.87. The number of hydrogen-bond acceptors (Lipinski definition) is 2. The van der Waals surface area contributed by atoms with Gasteiger partial charge in [-0.2, -0.15) is 0 Å². The Labute approximate surface area is 110 Å². The van der Waals surface area contributed by atoms with Crippen LogP contribution in [0, 0.1) is 5.92 Å². The molecule has 2 rings (SSSR count). The number of halogens is 1. The Bertz CT molecular complexity index is 422. The first-order valence-corrected chi connectivity index (χ1v) is 6.58. The largest absolute Gasteiger partial charge is 0.481 e. The van der Waals surface area contributed by atoms with Crippen molar-refractivity contribution in [3.8, 4) is 0 Å². The highest BCUT2D eigenvalue weighted by Crippen LogP contribution is 2.26. The molecular weight excluding hydrogens is 282 g/mol. The summed E-state index contributed by atoms with van der Waals surface area (Å²) in [6.07, 6.45) is 0.754. The minimum absolute atomic E-state index is 0.117. The Morgan fingerprint density at radius 2 is 2.35 bits per heavy atom. The topological polar surface area (TPSA) is 40.5 Å². The van der Waals surface area contributed by atoms with Gasteiger partial charge in [0.05, 0.1) is 5.92 Å². The van der Waals surface area contributed by atoms with Crippen molar-refractivity contribution >= 4 is 21.9 Å². The molecule has 0 amide bonds. The zero-order chi connectivity index (χ0) is 12.4. The van der Waals surface area contributed by atoms with Crippen molar-refractivity contribution in [1.82, 2.24) is 4.90 Å². The molecule has 0 spiro atoms. The van der Waals surface area contributed by atoms with Gasteiger partial charge in [0.1, 0.15) is 0 Å². The number of benzene rings is 1. The van der Waals surface area contributed by atoms with Gasteiger partial charge in [-0.3, -0.25) is 9.69 Å². The van der Waals surface area contributed by atoms with E-state index in [9.17, 15) is 4.79 Å². The third-order valence-corrected chi connectivity index (χ3v) is 3.97. The molecule has 2 unspecified atom stereocenters. The average molecular weight is 298 g/mol. The summed E-state index contributed by atoms with van der Waals surface area (Å²) in [7, 11) is 0. The highest BCUT2D eigenvalue weighted by atomic mass is 79.9. The molecule has 0 bridgehead atoms. The third-order valence-electron chi connectivity index (χ3n) is 3.48. The molecule has 2 atom stereocenters.